The van der Waals surface area contributed by atoms with Gasteiger partial charge in [0.05, 0.1) is 23.9 Å². The smallest absolute Gasteiger partial charge is 0.339 e. The Bertz CT molecular complexity index is 930. The topological polar surface area (TPSA) is 39.2 Å². The number of ether oxygens (including phenoxy) is 1. The van der Waals surface area contributed by atoms with Gasteiger partial charge in [0.2, 0.25) is 0 Å². The summed E-state index contributed by atoms with van der Waals surface area (Å²) in [5.41, 5.74) is 4.00. The lowest BCUT2D eigenvalue weighted by molar-refractivity contribution is 0.0599. The molecule has 1 heterocycles. The maximum Gasteiger partial charge on any atom is 0.339 e. The number of carbonyl (C=O) groups is 1. The number of esters is 1. The molecule has 1 aliphatic rings. The maximum atomic E-state index is 13.2. The van der Waals surface area contributed by atoms with Gasteiger partial charge < -0.3 is 4.74 Å². The van der Waals surface area contributed by atoms with Crippen LogP contribution >= 0.6 is 0 Å². The second-order valence-corrected chi connectivity index (χ2v) is 6.07. The average Bonchev–Trinajstić information content (AvgIpc) is 3.45. The van der Waals surface area contributed by atoms with Gasteiger partial charge in [-0.15, -0.1) is 0 Å². The van der Waals surface area contributed by atoms with E-state index in [4.69, 9.17) is 9.72 Å². The summed E-state index contributed by atoms with van der Waals surface area (Å²) in [6, 6.07) is 14.0. The Morgan fingerprint density at radius 2 is 1.92 bits per heavy atom. The van der Waals surface area contributed by atoms with Crippen molar-refractivity contribution in [1.29, 1.82) is 0 Å². The summed E-state index contributed by atoms with van der Waals surface area (Å²) in [4.78, 5) is 16.9. The number of methoxy groups -OCH3 is 1. The fourth-order valence-electron chi connectivity index (χ4n) is 3.03. The molecule has 1 aliphatic carbocycles. The van der Waals surface area contributed by atoms with Crippen LogP contribution in [0.15, 0.2) is 48.5 Å². The molecule has 2 aromatic carbocycles. The largest absolute Gasteiger partial charge is 0.465 e. The third-order valence-electron chi connectivity index (χ3n) is 4.41. The van der Waals surface area contributed by atoms with Gasteiger partial charge in [0, 0.05) is 11.3 Å². The van der Waals surface area contributed by atoms with Crippen LogP contribution in [0.3, 0.4) is 0 Å². The van der Waals surface area contributed by atoms with Gasteiger partial charge in [0.1, 0.15) is 5.82 Å². The van der Waals surface area contributed by atoms with Crippen LogP contribution in [0.4, 0.5) is 4.39 Å². The van der Waals surface area contributed by atoms with E-state index in [0.717, 1.165) is 40.6 Å². The molecule has 0 atom stereocenters. The zero-order chi connectivity index (χ0) is 16.7. The highest BCUT2D eigenvalue weighted by molar-refractivity contribution is 6.00. The van der Waals surface area contributed by atoms with Gasteiger partial charge in [-0.05, 0) is 48.2 Å². The minimum Gasteiger partial charge on any atom is -0.465 e. The van der Waals surface area contributed by atoms with Gasteiger partial charge in [0.25, 0.3) is 0 Å². The first-order chi connectivity index (χ1) is 11.7. The van der Waals surface area contributed by atoms with Crippen molar-refractivity contribution in [1.82, 2.24) is 4.98 Å². The molecule has 0 saturated heterocycles. The Balaban J connectivity index is 1.95. The number of aromatic nitrogens is 1. The number of nitrogens with zero attached hydrogens (tertiary/aromatic N) is 1. The van der Waals surface area contributed by atoms with Crippen molar-refractivity contribution in [2.45, 2.75) is 18.8 Å². The molecule has 3 aromatic rings. The Hall–Kier alpha value is -2.75. The number of rotatable bonds is 3. The zero-order valence-corrected chi connectivity index (χ0v) is 13.3. The minimum atomic E-state index is -0.361. The number of benzene rings is 2. The highest BCUT2D eigenvalue weighted by Crippen LogP contribution is 2.42. The molecule has 0 unspecified atom stereocenters. The highest BCUT2D eigenvalue weighted by atomic mass is 19.1. The Morgan fingerprint density at radius 1 is 1.17 bits per heavy atom. The summed E-state index contributed by atoms with van der Waals surface area (Å²) in [5, 5.41) is 0.869. The second kappa shape index (κ2) is 5.71. The molecule has 0 radical (unpaired) electrons. The van der Waals surface area contributed by atoms with Crippen LogP contribution in [0, 0.1) is 5.82 Å². The molecule has 120 valence electrons. The maximum absolute atomic E-state index is 13.2. The van der Waals surface area contributed by atoms with Gasteiger partial charge in [-0.3, -0.25) is 4.98 Å². The average molecular weight is 321 g/mol. The molecule has 3 nitrogen and oxygen atoms in total. The summed E-state index contributed by atoms with van der Waals surface area (Å²) < 4.78 is 18.1. The van der Waals surface area contributed by atoms with E-state index >= 15 is 0 Å². The SMILES string of the molecule is COC(=O)c1cc2c(-c3ccc(F)cc3)cccc2nc1C1CC1. The summed E-state index contributed by atoms with van der Waals surface area (Å²) in [6.07, 6.45) is 2.11. The molecular formula is C20H16FNO2. The van der Waals surface area contributed by atoms with Crippen LogP contribution in [0.1, 0.15) is 34.8 Å². The standard InChI is InChI=1S/C20H16FNO2/c1-24-20(23)17-11-16-15(12-7-9-14(21)10-8-12)3-2-4-18(16)22-19(17)13-5-6-13/h2-4,7-11,13H,5-6H2,1H3. The molecule has 4 heteroatoms. The van der Waals surface area contributed by atoms with E-state index in [-0.39, 0.29) is 11.8 Å². The molecule has 0 N–H and O–H groups in total. The Labute approximate surface area is 139 Å². The molecule has 1 aromatic heterocycles. The number of halogens is 1. The van der Waals surface area contributed by atoms with Crippen LogP contribution in [0.25, 0.3) is 22.0 Å². The molecular weight excluding hydrogens is 305 g/mol. The van der Waals surface area contributed by atoms with Crippen molar-refractivity contribution >= 4 is 16.9 Å². The molecule has 0 aliphatic heterocycles. The highest BCUT2D eigenvalue weighted by Gasteiger charge is 2.30. The second-order valence-electron chi connectivity index (χ2n) is 6.07. The van der Waals surface area contributed by atoms with Crippen molar-refractivity contribution in [3.8, 4) is 11.1 Å². The normalized spacial score (nSPS) is 13.9. The lowest BCUT2D eigenvalue weighted by Gasteiger charge is -2.12. The van der Waals surface area contributed by atoms with Crippen molar-refractivity contribution in [2.24, 2.45) is 0 Å². The third kappa shape index (κ3) is 2.54. The van der Waals surface area contributed by atoms with E-state index in [1.54, 1.807) is 12.1 Å². The quantitative estimate of drug-likeness (QED) is 0.656. The molecule has 4 rings (SSSR count). The number of hydrogen-bond donors (Lipinski definition) is 0. The minimum absolute atomic E-state index is 0.275. The fourth-order valence-corrected chi connectivity index (χ4v) is 3.03. The molecule has 1 saturated carbocycles. The molecule has 0 amide bonds. The number of pyridine rings is 1. The van der Waals surface area contributed by atoms with Crippen LogP contribution in [0.2, 0.25) is 0 Å². The van der Waals surface area contributed by atoms with Crippen LogP contribution in [-0.4, -0.2) is 18.1 Å². The summed E-state index contributed by atoms with van der Waals surface area (Å²) >= 11 is 0. The van der Waals surface area contributed by atoms with Crippen LogP contribution in [0.5, 0.6) is 0 Å². The Morgan fingerprint density at radius 3 is 2.58 bits per heavy atom. The first kappa shape index (κ1) is 14.8. The number of carbonyl (C=O) groups excluding carboxylic acids is 1. The van der Waals surface area contributed by atoms with E-state index < -0.39 is 0 Å². The lowest BCUT2D eigenvalue weighted by atomic mass is 9.98. The lowest BCUT2D eigenvalue weighted by Crippen LogP contribution is -2.07. The van der Waals surface area contributed by atoms with E-state index in [1.807, 2.05) is 24.3 Å². The first-order valence-electron chi connectivity index (χ1n) is 7.95. The predicted molar refractivity (Wildman–Crippen MR) is 90.5 cm³/mol. The van der Waals surface area contributed by atoms with Crippen LogP contribution in [-0.2, 0) is 4.74 Å². The zero-order valence-electron chi connectivity index (χ0n) is 13.3. The predicted octanol–water partition coefficient (Wildman–Crippen LogP) is 4.70. The van der Waals surface area contributed by atoms with Gasteiger partial charge in [-0.1, -0.05) is 24.3 Å². The molecule has 0 spiro atoms. The first-order valence-corrected chi connectivity index (χ1v) is 7.95. The third-order valence-corrected chi connectivity index (χ3v) is 4.41. The monoisotopic (exact) mass is 321 g/mol. The van der Waals surface area contributed by atoms with Gasteiger partial charge in [-0.2, -0.15) is 0 Å². The van der Waals surface area contributed by atoms with Crippen molar-refractivity contribution < 1.29 is 13.9 Å². The summed E-state index contributed by atoms with van der Waals surface area (Å²) in [7, 11) is 1.38. The molecule has 24 heavy (non-hydrogen) atoms. The number of hydrogen-bond acceptors (Lipinski definition) is 3. The van der Waals surface area contributed by atoms with Gasteiger partial charge in [0.15, 0.2) is 0 Å². The van der Waals surface area contributed by atoms with E-state index in [1.165, 1.54) is 19.2 Å². The van der Waals surface area contributed by atoms with Gasteiger partial charge in [-0.25, -0.2) is 9.18 Å². The van der Waals surface area contributed by atoms with Crippen molar-refractivity contribution in [2.75, 3.05) is 7.11 Å². The van der Waals surface area contributed by atoms with E-state index in [9.17, 15) is 9.18 Å². The fraction of sp³-hybridized carbons (Fsp3) is 0.200. The summed E-state index contributed by atoms with van der Waals surface area (Å²) in [6.45, 7) is 0. The van der Waals surface area contributed by atoms with E-state index in [0.29, 0.717) is 11.5 Å². The number of fused-ring (bicyclic) bond motifs is 1. The molecule has 1 fully saturated rings. The summed E-state index contributed by atoms with van der Waals surface area (Å²) in [5.74, 6) is -0.290. The van der Waals surface area contributed by atoms with Crippen LogP contribution < -0.4 is 0 Å². The van der Waals surface area contributed by atoms with E-state index in [2.05, 4.69) is 0 Å². The van der Waals surface area contributed by atoms with Crippen molar-refractivity contribution in [3.05, 3.63) is 65.6 Å². The Kier molecular flexibility index (Phi) is 3.53. The molecule has 0 bridgehead atoms. The van der Waals surface area contributed by atoms with Crippen molar-refractivity contribution in [3.63, 3.8) is 0 Å². The van der Waals surface area contributed by atoms with Gasteiger partial charge >= 0.3 is 5.97 Å².